The highest BCUT2D eigenvalue weighted by Crippen LogP contribution is 2.32. The number of fused-ring (bicyclic) bond motifs is 1. The predicted octanol–water partition coefficient (Wildman–Crippen LogP) is 0.972. The first kappa shape index (κ1) is 11.7. The molecule has 19 heavy (non-hydrogen) atoms. The van der Waals surface area contributed by atoms with Crippen LogP contribution in [0, 0.1) is 0 Å². The van der Waals surface area contributed by atoms with Crippen LogP contribution in [0.1, 0.15) is 17.3 Å². The molecule has 6 nitrogen and oxygen atoms in total. The average Bonchev–Trinajstić information content (AvgIpc) is 3.06. The fourth-order valence-corrected chi connectivity index (χ4v) is 2.38. The van der Waals surface area contributed by atoms with Gasteiger partial charge in [-0.05, 0) is 11.6 Å². The highest BCUT2D eigenvalue weighted by molar-refractivity contribution is 5.88. The van der Waals surface area contributed by atoms with Crippen molar-refractivity contribution in [1.82, 2.24) is 20.1 Å². The van der Waals surface area contributed by atoms with Crippen molar-refractivity contribution >= 4 is 11.6 Å². The van der Waals surface area contributed by atoms with E-state index >= 15 is 0 Å². The molecule has 0 spiro atoms. The van der Waals surface area contributed by atoms with E-state index in [1.165, 1.54) is 6.33 Å². The van der Waals surface area contributed by atoms with E-state index in [1.54, 1.807) is 11.9 Å². The van der Waals surface area contributed by atoms with Gasteiger partial charge in [-0.3, -0.25) is 9.89 Å². The van der Waals surface area contributed by atoms with Crippen molar-refractivity contribution in [2.45, 2.75) is 12.5 Å². The Morgan fingerprint density at radius 3 is 3.11 bits per heavy atom. The van der Waals surface area contributed by atoms with Gasteiger partial charge in [-0.2, -0.15) is 5.10 Å². The molecule has 1 unspecified atom stereocenters. The van der Waals surface area contributed by atoms with Gasteiger partial charge in [0, 0.05) is 19.3 Å². The fraction of sp³-hybridized carbons (Fsp3) is 0.308. The zero-order valence-electron chi connectivity index (χ0n) is 10.6. The lowest BCUT2D eigenvalue weighted by molar-refractivity contribution is -0.131. The zero-order valence-corrected chi connectivity index (χ0v) is 10.6. The van der Waals surface area contributed by atoms with Crippen LogP contribution in [0.4, 0.5) is 5.69 Å². The summed E-state index contributed by atoms with van der Waals surface area (Å²) in [5, 5.41) is 9.81. The molecular weight excluding hydrogens is 242 g/mol. The Morgan fingerprint density at radius 2 is 2.32 bits per heavy atom. The molecule has 1 aliphatic heterocycles. The lowest BCUT2D eigenvalue weighted by Gasteiger charge is -2.19. The molecule has 3 rings (SSSR count). The average molecular weight is 257 g/mol. The Balaban J connectivity index is 1.74. The molecule has 1 amide bonds. The second kappa shape index (κ2) is 4.72. The molecule has 2 heterocycles. The molecule has 0 radical (unpaired) electrons. The van der Waals surface area contributed by atoms with Gasteiger partial charge >= 0.3 is 0 Å². The van der Waals surface area contributed by atoms with Crippen molar-refractivity contribution < 1.29 is 4.79 Å². The summed E-state index contributed by atoms with van der Waals surface area (Å²) in [5.74, 6) is 0.660. The molecule has 0 aliphatic carbocycles. The quantitative estimate of drug-likeness (QED) is 0.859. The first-order chi connectivity index (χ1) is 9.25. The maximum Gasteiger partial charge on any atom is 0.232 e. The van der Waals surface area contributed by atoms with Gasteiger partial charge in [0.1, 0.15) is 12.2 Å². The number of likely N-dealkylation sites (N-methyl/N-ethyl adjacent to an activating group) is 1. The number of aromatic amines is 1. The Hall–Kier alpha value is -2.37. The molecule has 1 atom stereocenters. The minimum Gasteiger partial charge on any atom is -0.384 e. The normalized spacial score (nSPS) is 16.8. The minimum atomic E-state index is -0.121. The largest absolute Gasteiger partial charge is 0.384 e. The third-order valence-electron chi connectivity index (χ3n) is 3.36. The number of hydrogen-bond donors (Lipinski definition) is 2. The van der Waals surface area contributed by atoms with Gasteiger partial charge < -0.3 is 10.2 Å². The van der Waals surface area contributed by atoms with Crippen molar-refractivity contribution in [2.24, 2.45) is 0 Å². The number of aromatic nitrogens is 3. The molecule has 1 aromatic carbocycles. The Kier molecular flexibility index (Phi) is 2.91. The van der Waals surface area contributed by atoms with E-state index in [9.17, 15) is 4.79 Å². The minimum absolute atomic E-state index is 0.0915. The molecule has 98 valence electrons. The number of benzene rings is 1. The van der Waals surface area contributed by atoms with E-state index in [-0.39, 0.29) is 11.8 Å². The van der Waals surface area contributed by atoms with E-state index in [2.05, 4.69) is 20.5 Å². The zero-order chi connectivity index (χ0) is 13.2. The van der Waals surface area contributed by atoms with Gasteiger partial charge in [0.15, 0.2) is 0 Å². The first-order valence-corrected chi connectivity index (χ1v) is 6.17. The maximum atomic E-state index is 12.5. The summed E-state index contributed by atoms with van der Waals surface area (Å²) in [4.78, 5) is 18.2. The highest BCUT2D eigenvalue weighted by Gasteiger charge is 2.30. The number of H-pyrrole nitrogens is 1. The van der Waals surface area contributed by atoms with Crippen LogP contribution >= 0.6 is 0 Å². The molecule has 2 aromatic rings. The molecule has 2 N–H and O–H groups in total. The topological polar surface area (TPSA) is 73.9 Å². The molecule has 6 heteroatoms. The van der Waals surface area contributed by atoms with E-state index < -0.39 is 0 Å². The summed E-state index contributed by atoms with van der Waals surface area (Å²) >= 11 is 0. The van der Waals surface area contributed by atoms with Crippen LogP contribution in [0.2, 0.25) is 0 Å². The number of anilines is 1. The van der Waals surface area contributed by atoms with Gasteiger partial charge in [0.2, 0.25) is 5.91 Å². The number of hydrogen-bond acceptors (Lipinski definition) is 4. The third kappa shape index (κ3) is 2.16. The second-order valence-electron chi connectivity index (χ2n) is 4.65. The van der Waals surface area contributed by atoms with Gasteiger partial charge in [0.25, 0.3) is 0 Å². The fourth-order valence-electron chi connectivity index (χ4n) is 2.38. The monoisotopic (exact) mass is 257 g/mol. The van der Waals surface area contributed by atoms with Crippen LogP contribution in [-0.4, -0.2) is 39.6 Å². The number of carbonyl (C=O) groups excluding carboxylic acids is 1. The molecule has 0 bridgehead atoms. The van der Waals surface area contributed by atoms with Crippen LogP contribution in [0.25, 0.3) is 0 Å². The van der Waals surface area contributed by atoms with Crippen molar-refractivity contribution in [2.75, 3.05) is 18.9 Å². The molecule has 1 aromatic heterocycles. The van der Waals surface area contributed by atoms with Crippen molar-refractivity contribution in [3.8, 4) is 0 Å². The maximum absolute atomic E-state index is 12.5. The number of nitrogens with zero attached hydrogens (tertiary/aromatic N) is 3. The summed E-state index contributed by atoms with van der Waals surface area (Å²) in [6.07, 6.45) is 1.44. The Labute approximate surface area is 110 Å². The highest BCUT2D eigenvalue weighted by atomic mass is 16.2. The van der Waals surface area contributed by atoms with Crippen LogP contribution in [0.5, 0.6) is 0 Å². The third-order valence-corrected chi connectivity index (χ3v) is 3.36. The van der Waals surface area contributed by atoms with Crippen molar-refractivity contribution in [3.63, 3.8) is 0 Å². The van der Waals surface area contributed by atoms with E-state index in [0.29, 0.717) is 18.9 Å². The predicted molar refractivity (Wildman–Crippen MR) is 70.5 cm³/mol. The Morgan fingerprint density at radius 1 is 1.47 bits per heavy atom. The number of carbonyl (C=O) groups is 1. The summed E-state index contributed by atoms with van der Waals surface area (Å²) in [7, 11) is 1.78. The lowest BCUT2D eigenvalue weighted by atomic mass is 10.00. The summed E-state index contributed by atoms with van der Waals surface area (Å²) in [6, 6.07) is 7.93. The molecule has 0 saturated carbocycles. The molecular formula is C13H15N5O. The van der Waals surface area contributed by atoms with Crippen LogP contribution in [0.15, 0.2) is 30.6 Å². The molecule has 0 fully saturated rings. The van der Waals surface area contributed by atoms with Crippen molar-refractivity contribution in [3.05, 3.63) is 42.0 Å². The van der Waals surface area contributed by atoms with Crippen LogP contribution in [0.3, 0.4) is 0 Å². The SMILES string of the molecule is CN(Cc1ncn[nH]1)C(=O)C1CNc2ccccc21. The lowest BCUT2D eigenvalue weighted by Crippen LogP contribution is -2.32. The smallest absolute Gasteiger partial charge is 0.232 e. The van der Waals surface area contributed by atoms with Gasteiger partial charge in [0.05, 0.1) is 12.5 Å². The first-order valence-electron chi connectivity index (χ1n) is 6.17. The van der Waals surface area contributed by atoms with Crippen LogP contribution < -0.4 is 5.32 Å². The van der Waals surface area contributed by atoms with Crippen LogP contribution in [-0.2, 0) is 11.3 Å². The van der Waals surface area contributed by atoms with Gasteiger partial charge in [-0.25, -0.2) is 4.98 Å². The number of rotatable bonds is 3. The summed E-state index contributed by atoms with van der Waals surface area (Å²) in [6.45, 7) is 1.09. The summed E-state index contributed by atoms with van der Waals surface area (Å²) < 4.78 is 0. The number of para-hydroxylation sites is 1. The van der Waals surface area contributed by atoms with E-state index in [0.717, 1.165) is 11.3 Å². The second-order valence-corrected chi connectivity index (χ2v) is 4.65. The van der Waals surface area contributed by atoms with E-state index in [4.69, 9.17) is 0 Å². The standard InChI is InChI=1S/C13H15N5O/c1-18(7-12-15-8-16-17-12)13(19)10-6-14-11-5-3-2-4-9(10)11/h2-5,8,10,14H,6-7H2,1H3,(H,15,16,17). The Bertz CT molecular complexity index is 580. The summed E-state index contributed by atoms with van der Waals surface area (Å²) in [5.41, 5.74) is 2.12. The van der Waals surface area contributed by atoms with Gasteiger partial charge in [-0.1, -0.05) is 18.2 Å². The molecule has 0 saturated heterocycles. The molecule has 1 aliphatic rings. The van der Waals surface area contributed by atoms with Gasteiger partial charge in [-0.15, -0.1) is 0 Å². The van der Waals surface area contributed by atoms with E-state index in [1.807, 2.05) is 24.3 Å². The van der Waals surface area contributed by atoms with Crippen molar-refractivity contribution in [1.29, 1.82) is 0 Å². The number of amides is 1. The number of nitrogens with one attached hydrogen (secondary N) is 2.